The second-order valence-corrected chi connectivity index (χ2v) is 19.1. The molecule has 0 aromatic heterocycles. The van der Waals surface area contributed by atoms with E-state index in [4.69, 9.17) is 24.8 Å². The summed E-state index contributed by atoms with van der Waals surface area (Å²) < 4.78 is 9.97. The minimum atomic E-state index is -0.954. The number of carbonyl (C=O) groups excluding carboxylic acids is 2. The molecule has 0 aliphatic carbocycles. The lowest BCUT2D eigenvalue weighted by Gasteiger charge is -2.08. The Morgan fingerprint density at radius 3 is 0.844 bits per heavy atom. The highest BCUT2D eigenvalue weighted by Gasteiger charge is 2.08. The van der Waals surface area contributed by atoms with Crippen molar-refractivity contribution in [3.63, 3.8) is 0 Å². The first-order valence-electron chi connectivity index (χ1n) is 28.0. The lowest BCUT2D eigenvalue weighted by atomic mass is 10.0. The van der Waals surface area contributed by atoms with Gasteiger partial charge in [0.15, 0.2) is 0 Å². The van der Waals surface area contributed by atoms with Crippen LogP contribution in [0.4, 0.5) is 0 Å². The summed E-state index contributed by atoms with van der Waals surface area (Å²) in [6, 6.07) is 0. The van der Waals surface area contributed by atoms with E-state index in [0.717, 1.165) is 32.1 Å². The van der Waals surface area contributed by atoms with Gasteiger partial charge in [0.25, 0.3) is 0 Å². The number of aliphatic hydroxyl groups is 2. The fourth-order valence-corrected chi connectivity index (χ4v) is 7.86. The van der Waals surface area contributed by atoms with Gasteiger partial charge in [-0.3, -0.25) is 14.4 Å². The lowest BCUT2D eigenvalue weighted by molar-refractivity contribution is -0.148. The van der Waals surface area contributed by atoms with Crippen molar-refractivity contribution in [2.45, 2.75) is 329 Å². The molecule has 0 saturated heterocycles. The van der Waals surface area contributed by atoms with E-state index in [1.807, 2.05) is 13.8 Å². The summed E-state index contributed by atoms with van der Waals surface area (Å²) >= 11 is 0. The van der Waals surface area contributed by atoms with Gasteiger partial charge in [0, 0.05) is 19.3 Å². The Hall–Kier alpha value is -1.67. The monoisotopic (exact) mass is 913 g/mol. The summed E-state index contributed by atoms with van der Waals surface area (Å²) in [7, 11) is 0. The summed E-state index contributed by atoms with van der Waals surface area (Å²) in [6.45, 7) is 10.1. The Balaban J connectivity index is -0.000000883. The van der Waals surface area contributed by atoms with Crippen LogP contribution in [-0.4, -0.2) is 58.6 Å². The molecule has 0 aromatic carbocycles. The highest BCUT2D eigenvalue weighted by atomic mass is 16.5. The van der Waals surface area contributed by atoms with Crippen LogP contribution in [0.25, 0.3) is 0 Å². The molecule has 0 aliphatic rings. The molecule has 0 fully saturated rings. The van der Waals surface area contributed by atoms with E-state index in [-0.39, 0.29) is 31.3 Å². The van der Waals surface area contributed by atoms with Crippen molar-refractivity contribution in [1.29, 1.82) is 0 Å². The summed E-state index contributed by atoms with van der Waals surface area (Å²) in [5.41, 5.74) is 0. The fourth-order valence-electron chi connectivity index (χ4n) is 7.86. The molecule has 384 valence electrons. The SMILES string of the molecule is CCCCCCCCCCCCCC(=O)OC(C)C.CCCCCCCCCCCCCCCCCC(=O)O.CCCCCCCCCCCCCCCCCC(=O)OCC(O)CO. The normalized spacial score (nSPS) is 11.4. The predicted octanol–water partition coefficient (Wildman–Crippen LogP) is 17.1. The van der Waals surface area contributed by atoms with Gasteiger partial charge in [-0.1, -0.05) is 265 Å². The van der Waals surface area contributed by atoms with Gasteiger partial charge >= 0.3 is 17.9 Å². The van der Waals surface area contributed by atoms with E-state index < -0.39 is 12.1 Å². The summed E-state index contributed by atoms with van der Waals surface area (Å²) in [4.78, 5) is 33.0. The van der Waals surface area contributed by atoms with Crippen LogP contribution >= 0.6 is 0 Å². The molecule has 1 unspecified atom stereocenters. The van der Waals surface area contributed by atoms with E-state index in [0.29, 0.717) is 19.3 Å². The van der Waals surface area contributed by atoms with Gasteiger partial charge in [0.05, 0.1) is 12.7 Å². The standard InChI is InChI=1S/C21H42O4.C18H36O2.C17H34O2/c1-2-3-4-5-6-7-8-9-10-11-12-13-14-15-16-17-21(24)25-19-20(23)18-22;1-2-3-4-5-6-7-8-9-10-11-12-13-14-15-16-17-18(19)20;1-4-5-6-7-8-9-10-11-12-13-14-15-17(18)19-16(2)3/h20,22-23H,2-19H2,1H3;2-17H2,1H3,(H,19,20);16H,4-15H2,1-3H3. The van der Waals surface area contributed by atoms with Crippen LogP contribution in [-0.2, 0) is 23.9 Å². The minimum absolute atomic E-state index is 0.0280. The first-order valence-corrected chi connectivity index (χ1v) is 28.0. The number of carbonyl (C=O) groups is 3. The molecule has 0 aromatic rings. The molecule has 8 nitrogen and oxygen atoms in total. The number of carboxylic acids is 1. The zero-order valence-electron chi connectivity index (χ0n) is 43.6. The van der Waals surface area contributed by atoms with Crippen LogP contribution in [0.3, 0.4) is 0 Å². The first-order chi connectivity index (χ1) is 31.1. The van der Waals surface area contributed by atoms with Crippen LogP contribution in [0, 0.1) is 0 Å². The Kier molecular flexibility index (Phi) is 61.8. The van der Waals surface area contributed by atoms with Crippen LogP contribution in [0.15, 0.2) is 0 Å². The van der Waals surface area contributed by atoms with E-state index >= 15 is 0 Å². The molecule has 0 spiro atoms. The van der Waals surface area contributed by atoms with Crippen molar-refractivity contribution in [1.82, 2.24) is 0 Å². The molecular formula is C56H112O8. The Morgan fingerprint density at radius 1 is 0.375 bits per heavy atom. The molecule has 0 rings (SSSR count). The molecule has 64 heavy (non-hydrogen) atoms. The average Bonchev–Trinajstić information content (AvgIpc) is 3.27. The first kappa shape index (κ1) is 66.6. The predicted molar refractivity (Wildman–Crippen MR) is 273 cm³/mol. The number of aliphatic hydroxyl groups excluding tert-OH is 2. The number of rotatable bonds is 48. The molecule has 8 heteroatoms. The Morgan fingerprint density at radius 2 is 0.609 bits per heavy atom. The van der Waals surface area contributed by atoms with Crippen LogP contribution in [0.5, 0.6) is 0 Å². The lowest BCUT2D eigenvalue weighted by Crippen LogP contribution is -2.21. The molecule has 0 amide bonds. The number of hydrogen-bond donors (Lipinski definition) is 3. The molecule has 0 bridgehead atoms. The number of aliphatic carboxylic acids is 1. The quantitative estimate of drug-likeness (QED) is 0.0406. The van der Waals surface area contributed by atoms with Crippen molar-refractivity contribution in [2.24, 2.45) is 0 Å². The molecule has 0 radical (unpaired) electrons. The number of hydrogen-bond acceptors (Lipinski definition) is 7. The maximum atomic E-state index is 11.4. The van der Waals surface area contributed by atoms with Gasteiger partial charge < -0.3 is 24.8 Å². The minimum Gasteiger partial charge on any atom is -0.481 e. The van der Waals surface area contributed by atoms with Gasteiger partial charge in [-0.2, -0.15) is 0 Å². The number of ether oxygens (including phenoxy) is 2. The maximum Gasteiger partial charge on any atom is 0.306 e. The highest BCUT2D eigenvalue weighted by Crippen LogP contribution is 2.16. The van der Waals surface area contributed by atoms with Crippen LogP contribution < -0.4 is 0 Å². The highest BCUT2D eigenvalue weighted by molar-refractivity contribution is 5.69. The Bertz CT molecular complexity index is 909. The molecule has 3 N–H and O–H groups in total. The molecular weight excluding hydrogens is 801 g/mol. The van der Waals surface area contributed by atoms with Gasteiger partial charge in [-0.25, -0.2) is 0 Å². The van der Waals surface area contributed by atoms with E-state index in [9.17, 15) is 14.4 Å². The number of esters is 2. The smallest absolute Gasteiger partial charge is 0.306 e. The van der Waals surface area contributed by atoms with Gasteiger partial charge in [-0.05, 0) is 33.1 Å². The zero-order chi connectivity index (χ0) is 47.8. The van der Waals surface area contributed by atoms with Gasteiger partial charge in [0.2, 0.25) is 0 Å². The molecule has 0 aliphatic heterocycles. The van der Waals surface area contributed by atoms with Crippen LogP contribution in [0.2, 0.25) is 0 Å². The van der Waals surface area contributed by atoms with E-state index in [1.54, 1.807) is 0 Å². The summed E-state index contributed by atoms with van der Waals surface area (Å²) in [5, 5.41) is 26.2. The molecule has 0 saturated carbocycles. The van der Waals surface area contributed by atoms with Gasteiger partial charge in [-0.15, -0.1) is 0 Å². The average molecular weight is 914 g/mol. The third kappa shape index (κ3) is 66.9. The Labute approximate surface area is 398 Å². The van der Waals surface area contributed by atoms with Crippen molar-refractivity contribution in [3.8, 4) is 0 Å². The van der Waals surface area contributed by atoms with Crippen molar-refractivity contribution in [2.75, 3.05) is 13.2 Å². The molecule has 1 atom stereocenters. The number of unbranched alkanes of at least 4 members (excludes halogenated alkanes) is 38. The largest absolute Gasteiger partial charge is 0.481 e. The van der Waals surface area contributed by atoms with Crippen LogP contribution in [0.1, 0.15) is 317 Å². The van der Waals surface area contributed by atoms with Crippen molar-refractivity contribution < 1.29 is 39.2 Å². The molecule has 0 heterocycles. The van der Waals surface area contributed by atoms with Crippen molar-refractivity contribution >= 4 is 17.9 Å². The zero-order valence-corrected chi connectivity index (χ0v) is 43.6. The second kappa shape index (κ2) is 59.3. The van der Waals surface area contributed by atoms with Gasteiger partial charge in [0.1, 0.15) is 12.7 Å². The van der Waals surface area contributed by atoms with E-state index in [2.05, 4.69) is 20.8 Å². The fraction of sp³-hybridized carbons (Fsp3) is 0.946. The second-order valence-electron chi connectivity index (χ2n) is 19.1. The number of carboxylic acid groups (broad SMARTS) is 1. The van der Waals surface area contributed by atoms with Crippen molar-refractivity contribution in [3.05, 3.63) is 0 Å². The maximum absolute atomic E-state index is 11.4. The summed E-state index contributed by atoms with van der Waals surface area (Å²) in [6.07, 6.45) is 54.3. The topological polar surface area (TPSA) is 130 Å². The third-order valence-electron chi connectivity index (χ3n) is 12.0. The summed E-state index contributed by atoms with van der Waals surface area (Å²) in [5.74, 6) is -0.965. The third-order valence-corrected chi connectivity index (χ3v) is 12.0. The van der Waals surface area contributed by atoms with E-state index in [1.165, 1.54) is 231 Å².